The number of nitrogens with zero attached hydrogens (tertiary/aromatic N) is 4. The zero-order valence-corrected chi connectivity index (χ0v) is 17.3. The number of hydrogen-bond acceptors (Lipinski definition) is 5. The van der Waals surface area contributed by atoms with Crippen LogP contribution in [0.5, 0.6) is 11.8 Å². The number of aliphatic imine (C=N–C) groups is 1. The fourth-order valence-electron chi connectivity index (χ4n) is 2.85. The van der Waals surface area contributed by atoms with Crippen molar-refractivity contribution >= 4 is 29.9 Å². The van der Waals surface area contributed by atoms with Gasteiger partial charge in [-0.15, -0.1) is 24.0 Å². The Bertz CT molecular complexity index is 714. The number of nitrogens with one attached hydrogen (secondary N) is 1. The molecular weight excluding hydrogens is 445 g/mol. The molecule has 3 heterocycles. The minimum absolute atomic E-state index is 0. The van der Waals surface area contributed by atoms with E-state index in [2.05, 4.69) is 25.2 Å². The second kappa shape index (κ2) is 10.1. The first kappa shape index (κ1) is 20.2. The van der Waals surface area contributed by atoms with E-state index in [-0.39, 0.29) is 30.1 Å². The molecule has 1 aliphatic heterocycles. The van der Waals surface area contributed by atoms with Gasteiger partial charge >= 0.3 is 0 Å². The van der Waals surface area contributed by atoms with Crippen molar-refractivity contribution in [2.45, 2.75) is 19.1 Å². The maximum Gasteiger partial charge on any atom is 0.218 e. The average Bonchev–Trinajstić information content (AvgIpc) is 3.11. The number of aromatic nitrogens is 2. The van der Waals surface area contributed by atoms with E-state index in [4.69, 9.17) is 9.47 Å². The Hall–Kier alpha value is -2.10. The first-order chi connectivity index (χ1) is 12.3. The van der Waals surface area contributed by atoms with Crippen molar-refractivity contribution in [3.63, 3.8) is 0 Å². The fourth-order valence-corrected chi connectivity index (χ4v) is 2.85. The molecule has 0 aromatic carbocycles. The molecule has 7 nitrogen and oxygen atoms in total. The molecule has 3 rings (SSSR count). The van der Waals surface area contributed by atoms with Crippen molar-refractivity contribution in [3.05, 3.63) is 48.3 Å². The molecule has 1 unspecified atom stereocenters. The molecule has 1 saturated heterocycles. The Morgan fingerprint density at radius 3 is 2.85 bits per heavy atom. The summed E-state index contributed by atoms with van der Waals surface area (Å²) in [6.07, 6.45) is 4.51. The molecule has 0 aliphatic carbocycles. The van der Waals surface area contributed by atoms with Crippen LogP contribution in [-0.4, -0.2) is 54.2 Å². The summed E-state index contributed by atoms with van der Waals surface area (Å²) in [5, 5.41) is 3.37. The Balaban J connectivity index is 0.00000243. The number of guanidine groups is 1. The summed E-state index contributed by atoms with van der Waals surface area (Å²) in [5.74, 6) is 2.14. The lowest BCUT2D eigenvalue weighted by Crippen LogP contribution is -2.40. The van der Waals surface area contributed by atoms with Crippen LogP contribution in [-0.2, 0) is 6.54 Å². The number of ether oxygens (including phenoxy) is 2. The molecule has 0 amide bonds. The number of likely N-dealkylation sites (tertiary alicyclic amines) is 1. The monoisotopic (exact) mass is 469 g/mol. The van der Waals surface area contributed by atoms with Crippen molar-refractivity contribution in [1.82, 2.24) is 20.2 Å². The molecule has 1 atom stereocenters. The van der Waals surface area contributed by atoms with Gasteiger partial charge in [0.1, 0.15) is 6.10 Å². The highest BCUT2D eigenvalue weighted by molar-refractivity contribution is 14.0. The molecule has 2 aromatic heterocycles. The van der Waals surface area contributed by atoms with Gasteiger partial charge in [0, 0.05) is 50.6 Å². The van der Waals surface area contributed by atoms with Crippen LogP contribution < -0.4 is 14.8 Å². The normalized spacial score (nSPS) is 16.8. The molecule has 2 aromatic rings. The molecule has 0 radical (unpaired) electrons. The van der Waals surface area contributed by atoms with E-state index in [1.54, 1.807) is 26.6 Å². The average molecular weight is 469 g/mol. The van der Waals surface area contributed by atoms with E-state index in [1.165, 1.54) is 0 Å². The highest BCUT2D eigenvalue weighted by Gasteiger charge is 2.26. The molecule has 1 aliphatic rings. The van der Waals surface area contributed by atoms with Crippen LogP contribution in [0.1, 0.15) is 12.0 Å². The van der Waals surface area contributed by atoms with Crippen LogP contribution in [0.3, 0.4) is 0 Å². The van der Waals surface area contributed by atoms with E-state index in [0.29, 0.717) is 18.3 Å². The van der Waals surface area contributed by atoms with Gasteiger partial charge in [-0.3, -0.25) is 4.99 Å². The van der Waals surface area contributed by atoms with Gasteiger partial charge in [0.15, 0.2) is 5.96 Å². The van der Waals surface area contributed by atoms with E-state index >= 15 is 0 Å². The van der Waals surface area contributed by atoms with Crippen LogP contribution in [0.25, 0.3) is 0 Å². The second-order valence-corrected chi connectivity index (χ2v) is 5.72. The SMILES string of the molecule is CN=C(NCc1cccnc1OC)N1CCC(Oc2ccccn2)C1.I. The van der Waals surface area contributed by atoms with Crippen molar-refractivity contribution in [1.29, 1.82) is 0 Å². The van der Waals surface area contributed by atoms with Gasteiger partial charge < -0.3 is 19.7 Å². The van der Waals surface area contributed by atoms with Crippen LogP contribution in [0, 0.1) is 0 Å². The predicted octanol–water partition coefficient (Wildman–Crippen LogP) is 2.33. The van der Waals surface area contributed by atoms with Gasteiger partial charge in [0.05, 0.1) is 13.7 Å². The van der Waals surface area contributed by atoms with Gasteiger partial charge in [-0.2, -0.15) is 0 Å². The minimum Gasteiger partial charge on any atom is -0.481 e. The summed E-state index contributed by atoms with van der Waals surface area (Å²) in [6.45, 7) is 2.27. The van der Waals surface area contributed by atoms with Crippen LogP contribution in [0.15, 0.2) is 47.7 Å². The van der Waals surface area contributed by atoms with Gasteiger partial charge in [-0.05, 0) is 12.1 Å². The maximum absolute atomic E-state index is 5.93. The third-order valence-corrected chi connectivity index (χ3v) is 4.06. The van der Waals surface area contributed by atoms with Gasteiger partial charge in [0.25, 0.3) is 0 Å². The summed E-state index contributed by atoms with van der Waals surface area (Å²) < 4.78 is 11.2. The summed E-state index contributed by atoms with van der Waals surface area (Å²) in [7, 11) is 3.41. The molecule has 0 saturated carbocycles. The standard InChI is InChI=1S/C18H23N5O2.HI/c1-19-18(22-12-14-6-5-10-21-17(14)24-2)23-11-8-15(13-23)25-16-7-3-4-9-20-16;/h3-7,9-10,15H,8,11-13H2,1-2H3,(H,19,22);1H. The van der Waals surface area contributed by atoms with Gasteiger partial charge in [-0.25, -0.2) is 9.97 Å². The van der Waals surface area contributed by atoms with E-state index < -0.39 is 0 Å². The molecule has 1 fully saturated rings. The Morgan fingerprint density at radius 1 is 1.27 bits per heavy atom. The molecule has 1 N–H and O–H groups in total. The highest BCUT2D eigenvalue weighted by atomic mass is 127. The molecular formula is C18H24IN5O2. The Kier molecular flexibility index (Phi) is 7.89. The number of methoxy groups -OCH3 is 1. The summed E-state index contributed by atoms with van der Waals surface area (Å²) in [6, 6.07) is 9.57. The number of rotatable bonds is 5. The topological polar surface area (TPSA) is 71.9 Å². The molecule has 26 heavy (non-hydrogen) atoms. The number of hydrogen-bond donors (Lipinski definition) is 1. The first-order valence-electron chi connectivity index (χ1n) is 8.31. The van der Waals surface area contributed by atoms with Crippen molar-refractivity contribution in [3.8, 4) is 11.8 Å². The largest absolute Gasteiger partial charge is 0.481 e. The molecule has 140 valence electrons. The van der Waals surface area contributed by atoms with Gasteiger partial charge in [-0.1, -0.05) is 12.1 Å². The fraction of sp³-hybridized carbons (Fsp3) is 0.389. The smallest absolute Gasteiger partial charge is 0.218 e. The highest BCUT2D eigenvalue weighted by Crippen LogP contribution is 2.17. The van der Waals surface area contributed by atoms with Crippen molar-refractivity contribution in [2.24, 2.45) is 4.99 Å². The predicted molar refractivity (Wildman–Crippen MR) is 111 cm³/mol. The maximum atomic E-state index is 5.93. The summed E-state index contributed by atoms with van der Waals surface area (Å²) in [5.41, 5.74) is 0.992. The van der Waals surface area contributed by atoms with E-state index in [9.17, 15) is 0 Å². The third kappa shape index (κ3) is 5.20. The second-order valence-electron chi connectivity index (χ2n) is 5.72. The lowest BCUT2D eigenvalue weighted by Gasteiger charge is -2.22. The lowest BCUT2D eigenvalue weighted by molar-refractivity contribution is 0.205. The minimum atomic E-state index is 0. The zero-order chi connectivity index (χ0) is 17.5. The number of halogens is 1. The van der Waals surface area contributed by atoms with Crippen molar-refractivity contribution < 1.29 is 9.47 Å². The Labute approximate surface area is 170 Å². The van der Waals surface area contributed by atoms with Crippen molar-refractivity contribution in [2.75, 3.05) is 27.2 Å². The van der Waals surface area contributed by atoms with Crippen LogP contribution in [0.2, 0.25) is 0 Å². The summed E-state index contributed by atoms with van der Waals surface area (Å²) in [4.78, 5) is 15.0. The van der Waals surface area contributed by atoms with Gasteiger partial charge in [0.2, 0.25) is 11.8 Å². The molecule has 0 bridgehead atoms. The number of pyridine rings is 2. The van der Waals surface area contributed by atoms with E-state index in [0.717, 1.165) is 31.0 Å². The zero-order valence-electron chi connectivity index (χ0n) is 15.0. The van der Waals surface area contributed by atoms with E-state index in [1.807, 2.05) is 30.3 Å². The third-order valence-electron chi connectivity index (χ3n) is 4.06. The summed E-state index contributed by atoms with van der Waals surface area (Å²) >= 11 is 0. The van der Waals surface area contributed by atoms with Crippen LogP contribution >= 0.6 is 24.0 Å². The quantitative estimate of drug-likeness (QED) is 0.412. The lowest BCUT2D eigenvalue weighted by atomic mass is 10.2. The van der Waals surface area contributed by atoms with Crippen LogP contribution in [0.4, 0.5) is 0 Å². The molecule has 8 heteroatoms. The molecule has 0 spiro atoms. The first-order valence-corrected chi connectivity index (χ1v) is 8.31. The Morgan fingerprint density at radius 2 is 2.12 bits per heavy atom.